The molecule has 1 aliphatic carbocycles. The number of fused-ring (bicyclic) bond motifs is 1. The van der Waals surface area contributed by atoms with E-state index in [1.165, 1.54) is 0 Å². The number of allylic oxidation sites excluding steroid dienone is 5. The zero-order valence-electron chi connectivity index (χ0n) is 16.4. The molecule has 0 saturated heterocycles. The van der Waals surface area contributed by atoms with Gasteiger partial charge in [0.2, 0.25) is 5.89 Å². The molecule has 1 aliphatic rings. The van der Waals surface area contributed by atoms with E-state index in [1.54, 1.807) is 24.4 Å². The maximum atomic E-state index is 14.4. The van der Waals surface area contributed by atoms with Crippen LogP contribution in [0.2, 0.25) is 0 Å². The Hall–Kier alpha value is -3.27. The highest BCUT2D eigenvalue weighted by atomic mass is 19.1. The lowest BCUT2D eigenvalue weighted by molar-refractivity contribution is 0.456. The Morgan fingerprint density at radius 1 is 1.28 bits per heavy atom. The number of aromatic nitrogens is 2. The first-order valence-electron chi connectivity index (χ1n) is 9.84. The van der Waals surface area contributed by atoms with Gasteiger partial charge in [0.25, 0.3) is 0 Å². The second-order valence-corrected chi connectivity index (χ2v) is 7.17. The molecule has 2 heterocycles. The second kappa shape index (κ2) is 8.39. The number of hydrogen-bond acceptors (Lipinski definition) is 3. The molecule has 3 aromatic rings. The summed E-state index contributed by atoms with van der Waals surface area (Å²) < 4.78 is 20.4. The molecule has 29 heavy (non-hydrogen) atoms. The topological polar surface area (TPSA) is 38.9 Å². The number of benzene rings is 1. The van der Waals surface area contributed by atoms with Gasteiger partial charge < -0.3 is 4.42 Å². The number of aryl methyl sites for hydroxylation is 1. The predicted octanol–water partition coefficient (Wildman–Crippen LogP) is 6.29. The lowest BCUT2D eigenvalue weighted by Crippen LogP contribution is -2.12. The van der Waals surface area contributed by atoms with Crippen LogP contribution in [0.15, 0.2) is 77.9 Å². The molecule has 1 unspecified atom stereocenters. The fraction of sp³-hybridized carbons (Fsp3) is 0.200. The number of rotatable bonds is 5. The summed E-state index contributed by atoms with van der Waals surface area (Å²) in [5.74, 6) is 1.40. The summed E-state index contributed by atoms with van der Waals surface area (Å²) in [6.45, 7) is 5.71. The van der Waals surface area contributed by atoms with Crippen LogP contribution in [0.25, 0.3) is 17.2 Å². The van der Waals surface area contributed by atoms with Gasteiger partial charge in [-0.1, -0.05) is 43.0 Å². The molecule has 1 atom stereocenters. The summed E-state index contributed by atoms with van der Waals surface area (Å²) in [4.78, 5) is 8.95. The molecule has 0 aliphatic heterocycles. The van der Waals surface area contributed by atoms with Crippen molar-refractivity contribution in [2.45, 2.75) is 32.1 Å². The summed E-state index contributed by atoms with van der Waals surface area (Å²) in [6.07, 6.45) is 11.7. The van der Waals surface area contributed by atoms with E-state index in [0.29, 0.717) is 12.3 Å². The molecular formula is C25H23FN2O. The highest BCUT2D eigenvalue weighted by Crippen LogP contribution is 2.36. The molecule has 0 radical (unpaired) electrons. The maximum Gasteiger partial charge on any atom is 0.245 e. The average Bonchev–Trinajstić information content (AvgIpc) is 3.17. The van der Waals surface area contributed by atoms with E-state index in [2.05, 4.69) is 22.6 Å². The van der Waals surface area contributed by atoms with Crippen molar-refractivity contribution in [3.8, 4) is 11.6 Å². The molecule has 0 amide bonds. The third-order valence-electron chi connectivity index (χ3n) is 5.19. The molecule has 0 N–H and O–H groups in total. The summed E-state index contributed by atoms with van der Waals surface area (Å²) in [6, 6.07) is 11.0. The zero-order chi connectivity index (χ0) is 20.2. The van der Waals surface area contributed by atoms with Gasteiger partial charge in [-0.15, -0.1) is 0 Å². The monoisotopic (exact) mass is 386 g/mol. The number of nitrogens with zero attached hydrogens (tertiary/aromatic N) is 2. The first-order valence-corrected chi connectivity index (χ1v) is 9.84. The van der Waals surface area contributed by atoms with Crippen LogP contribution >= 0.6 is 0 Å². The van der Waals surface area contributed by atoms with Gasteiger partial charge in [-0.25, -0.2) is 9.37 Å². The van der Waals surface area contributed by atoms with E-state index in [9.17, 15) is 4.39 Å². The Morgan fingerprint density at radius 2 is 2.17 bits per heavy atom. The molecule has 1 aromatic carbocycles. The van der Waals surface area contributed by atoms with Crippen LogP contribution in [0.5, 0.6) is 0 Å². The Morgan fingerprint density at radius 3 is 2.93 bits per heavy atom. The normalized spacial score (nSPS) is 16.8. The van der Waals surface area contributed by atoms with Crippen molar-refractivity contribution in [2.24, 2.45) is 0 Å². The van der Waals surface area contributed by atoms with Crippen LogP contribution in [-0.4, -0.2) is 9.97 Å². The molecule has 4 rings (SSSR count). The minimum atomic E-state index is -0.227. The molecule has 0 saturated carbocycles. The maximum absolute atomic E-state index is 14.4. The number of halogens is 1. The largest absolute Gasteiger partial charge is 0.440 e. The first-order chi connectivity index (χ1) is 14.2. The van der Waals surface area contributed by atoms with Gasteiger partial charge >= 0.3 is 0 Å². The van der Waals surface area contributed by atoms with Gasteiger partial charge in [0, 0.05) is 12.6 Å². The Bertz CT molecular complexity index is 1080. The minimum Gasteiger partial charge on any atom is -0.440 e. The number of pyridine rings is 1. The van der Waals surface area contributed by atoms with Gasteiger partial charge in [0.1, 0.15) is 17.3 Å². The Balaban J connectivity index is 1.63. The lowest BCUT2D eigenvalue weighted by Gasteiger charge is -2.21. The lowest BCUT2D eigenvalue weighted by atomic mass is 9.84. The highest BCUT2D eigenvalue weighted by molar-refractivity contribution is 5.75. The molecule has 0 spiro atoms. The Labute approximate surface area is 170 Å². The zero-order valence-corrected chi connectivity index (χ0v) is 16.4. The SMILES string of the molecule is C=C/C=C(\C=C/C)c1cc(F)cc(C2CCc3nc(-c4ccccn4)oc3C2)c1. The van der Waals surface area contributed by atoms with E-state index < -0.39 is 0 Å². The van der Waals surface area contributed by atoms with Crippen molar-refractivity contribution in [1.29, 1.82) is 0 Å². The van der Waals surface area contributed by atoms with Gasteiger partial charge in [0.05, 0.1) is 5.69 Å². The van der Waals surface area contributed by atoms with Crippen LogP contribution in [0, 0.1) is 5.82 Å². The third-order valence-corrected chi connectivity index (χ3v) is 5.19. The molecular weight excluding hydrogens is 363 g/mol. The third kappa shape index (κ3) is 4.11. The highest BCUT2D eigenvalue weighted by Gasteiger charge is 2.26. The smallest absolute Gasteiger partial charge is 0.245 e. The second-order valence-electron chi connectivity index (χ2n) is 7.17. The minimum absolute atomic E-state index is 0.192. The molecule has 2 aromatic heterocycles. The Kier molecular flexibility index (Phi) is 5.52. The standard InChI is InChI=1S/C25H23FN2O/c1-3-7-17(8-4-2)19-13-20(15-21(26)14-19)18-10-11-22-24(16-18)29-25(28-22)23-9-5-6-12-27-23/h3-9,12-15,18H,1,10-11,16H2,2H3/b8-4-,17-7+. The van der Waals surface area contributed by atoms with E-state index in [-0.39, 0.29) is 11.7 Å². The van der Waals surface area contributed by atoms with E-state index in [1.807, 2.05) is 43.4 Å². The van der Waals surface area contributed by atoms with E-state index >= 15 is 0 Å². The molecule has 4 heteroatoms. The van der Waals surface area contributed by atoms with Crippen molar-refractivity contribution in [1.82, 2.24) is 9.97 Å². The summed E-state index contributed by atoms with van der Waals surface area (Å²) in [7, 11) is 0. The molecule has 0 bridgehead atoms. The summed E-state index contributed by atoms with van der Waals surface area (Å²) >= 11 is 0. The van der Waals surface area contributed by atoms with Gasteiger partial charge in [0.15, 0.2) is 0 Å². The van der Waals surface area contributed by atoms with Gasteiger partial charge in [-0.3, -0.25) is 4.98 Å². The van der Waals surface area contributed by atoms with E-state index in [4.69, 9.17) is 4.42 Å². The van der Waals surface area contributed by atoms with Crippen LogP contribution in [0.3, 0.4) is 0 Å². The average molecular weight is 386 g/mol. The molecule has 0 fully saturated rings. The van der Waals surface area contributed by atoms with Crippen molar-refractivity contribution in [3.05, 3.63) is 102 Å². The first kappa shape index (κ1) is 19.1. The fourth-order valence-corrected chi connectivity index (χ4v) is 3.83. The molecule has 3 nitrogen and oxygen atoms in total. The van der Waals surface area contributed by atoms with Crippen molar-refractivity contribution in [2.75, 3.05) is 0 Å². The number of oxazole rings is 1. The van der Waals surface area contributed by atoms with Crippen molar-refractivity contribution < 1.29 is 8.81 Å². The van der Waals surface area contributed by atoms with Crippen molar-refractivity contribution in [3.63, 3.8) is 0 Å². The van der Waals surface area contributed by atoms with Crippen molar-refractivity contribution >= 4 is 5.57 Å². The van der Waals surface area contributed by atoms with E-state index in [0.717, 1.165) is 46.7 Å². The quantitative estimate of drug-likeness (QED) is 0.484. The molecule has 146 valence electrons. The van der Waals surface area contributed by atoms with Crippen LogP contribution in [0.1, 0.15) is 41.8 Å². The van der Waals surface area contributed by atoms with Gasteiger partial charge in [-0.2, -0.15) is 0 Å². The predicted molar refractivity (Wildman–Crippen MR) is 114 cm³/mol. The summed E-state index contributed by atoms with van der Waals surface area (Å²) in [5, 5.41) is 0. The number of hydrogen-bond donors (Lipinski definition) is 0. The fourth-order valence-electron chi connectivity index (χ4n) is 3.83. The van der Waals surface area contributed by atoms with Crippen LogP contribution in [0.4, 0.5) is 4.39 Å². The summed E-state index contributed by atoms with van der Waals surface area (Å²) in [5.41, 5.74) is 4.50. The van der Waals surface area contributed by atoms with Crippen LogP contribution < -0.4 is 0 Å². The van der Waals surface area contributed by atoms with Gasteiger partial charge in [-0.05, 0) is 66.6 Å². The van der Waals surface area contributed by atoms with Crippen LogP contribution in [-0.2, 0) is 12.8 Å².